The van der Waals surface area contributed by atoms with Gasteiger partial charge in [-0.15, -0.1) is 0 Å². The van der Waals surface area contributed by atoms with E-state index in [1.807, 2.05) is 31.2 Å². The van der Waals surface area contributed by atoms with Crippen molar-refractivity contribution >= 4 is 28.2 Å². The van der Waals surface area contributed by atoms with Crippen LogP contribution >= 0.6 is 0 Å². The number of anilines is 2. The van der Waals surface area contributed by atoms with Crippen LogP contribution in [0.15, 0.2) is 24.3 Å². The Morgan fingerprint density at radius 1 is 1.38 bits per heavy atom. The Bertz CT molecular complexity index is 978. The Hall–Kier alpha value is -2.93. The third-order valence-corrected chi connectivity index (χ3v) is 4.32. The average molecular weight is 353 g/mol. The molecule has 0 saturated carbocycles. The van der Waals surface area contributed by atoms with E-state index in [9.17, 15) is 9.90 Å². The number of aliphatic hydroxyl groups excluding tert-OH is 1. The van der Waals surface area contributed by atoms with Crippen LogP contribution in [0.2, 0.25) is 0 Å². The first-order valence-electron chi connectivity index (χ1n) is 8.59. The lowest BCUT2D eigenvalue weighted by Gasteiger charge is -2.13. The number of hydrogen-bond donors (Lipinski definition) is 3. The summed E-state index contributed by atoms with van der Waals surface area (Å²) in [5.74, 6) is -0.537. The smallest absolute Gasteiger partial charge is 0.269 e. The Balaban J connectivity index is 2.18. The number of nitrogens with two attached hydrogens (primary N) is 1. The molecule has 3 rings (SSSR count). The van der Waals surface area contributed by atoms with Crippen LogP contribution in [-0.4, -0.2) is 25.8 Å². The maximum Gasteiger partial charge on any atom is 0.269 e. The molecule has 0 atom stereocenters. The van der Waals surface area contributed by atoms with Gasteiger partial charge in [0.25, 0.3) is 5.91 Å². The Labute approximate surface area is 151 Å². The summed E-state index contributed by atoms with van der Waals surface area (Å²) in [5.41, 5.74) is 10.4. The van der Waals surface area contributed by atoms with Gasteiger partial charge in [0, 0.05) is 18.1 Å². The van der Waals surface area contributed by atoms with Crippen LogP contribution in [0, 0.1) is 6.92 Å². The van der Waals surface area contributed by atoms with E-state index in [2.05, 4.69) is 22.3 Å². The van der Waals surface area contributed by atoms with Crippen molar-refractivity contribution in [1.29, 1.82) is 0 Å². The standard InChI is InChI=1S/C19H23N5O2/c1-4-6-15-17(18(19(20)26)24(3)23-15)22-14-8-5-7-13-12(10-25)9-11(2)21-16(13)14/h5,7-9,22,25H,4,6,10H2,1-3H3,(H2,20,26). The number of fused-ring (bicyclic) bond motifs is 1. The molecule has 0 saturated heterocycles. The van der Waals surface area contributed by atoms with Gasteiger partial charge in [-0.25, -0.2) is 0 Å². The molecule has 0 aliphatic carbocycles. The minimum atomic E-state index is -0.537. The van der Waals surface area contributed by atoms with Crippen LogP contribution in [0.5, 0.6) is 0 Å². The van der Waals surface area contributed by atoms with Crippen molar-refractivity contribution in [3.05, 3.63) is 46.9 Å². The van der Waals surface area contributed by atoms with Crippen LogP contribution in [0.3, 0.4) is 0 Å². The minimum absolute atomic E-state index is 0.0656. The van der Waals surface area contributed by atoms with E-state index in [1.165, 1.54) is 4.68 Å². The van der Waals surface area contributed by atoms with E-state index in [4.69, 9.17) is 5.73 Å². The molecule has 0 aliphatic rings. The lowest BCUT2D eigenvalue weighted by atomic mass is 10.1. The second-order valence-corrected chi connectivity index (χ2v) is 6.32. The molecule has 2 aromatic heterocycles. The van der Waals surface area contributed by atoms with Crippen molar-refractivity contribution < 1.29 is 9.90 Å². The van der Waals surface area contributed by atoms with Crippen LogP contribution in [0.25, 0.3) is 10.9 Å². The topological polar surface area (TPSA) is 106 Å². The lowest BCUT2D eigenvalue weighted by molar-refractivity contribution is 0.0992. The van der Waals surface area contributed by atoms with Gasteiger partial charge in [-0.3, -0.25) is 14.5 Å². The number of benzene rings is 1. The fourth-order valence-corrected chi connectivity index (χ4v) is 3.23. The zero-order valence-electron chi connectivity index (χ0n) is 15.2. The number of pyridine rings is 1. The third-order valence-electron chi connectivity index (χ3n) is 4.32. The zero-order chi connectivity index (χ0) is 18.8. The molecule has 4 N–H and O–H groups in total. The molecule has 0 fully saturated rings. The number of aromatic nitrogens is 3. The fraction of sp³-hybridized carbons (Fsp3) is 0.316. The SMILES string of the molecule is CCCc1nn(C)c(C(N)=O)c1Nc1cccc2c(CO)cc(C)nc12. The molecule has 0 bridgehead atoms. The molecule has 0 spiro atoms. The number of nitrogens with zero attached hydrogens (tertiary/aromatic N) is 3. The molecular weight excluding hydrogens is 330 g/mol. The van der Waals surface area contributed by atoms with Crippen LogP contribution in [0.4, 0.5) is 11.4 Å². The summed E-state index contributed by atoms with van der Waals surface area (Å²) in [4.78, 5) is 16.6. The quantitative estimate of drug-likeness (QED) is 0.631. The Kier molecular flexibility index (Phi) is 4.90. The van der Waals surface area contributed by atoms with Crippen molar-refractivity contribution in [1.82, 2.24) is 14.8 Å². The van der Waals surface area contributed by atoms with E-state index in [0.29, 0.717) is 11.4 Å². The first-order chi connectivity index (χ1) is 12.5. The highest BCUT2D eigenvalue weighted by Gasteiger charge is 2.21. The average Bonchev–Trinajstić information content (AvgIpc) is 2.90. The fourth-order valence-electron chi connectivity index (χ4n) is 3.23. The van der Waals surface area contributed by atoms with Crippen molar-refractivity contribution in [2.75, 3.05) is 5.32 Å². The van der Waals surface area contributed by atoms with Gasteiger partial charge in [0.1, 0.15) is 5.69 Å². The second-order valence-electron chi connectivity index (χ2n) is 6.32. The van der Waals surface area contributed by atoms with Gasteiger partial charge < -0.3 is 16.2 Å². The molecular formula is C19H23N5O2. The number of aryl methyl sites for hydroxylation is 3. The van der Waals surface area contributed by atoms with E-state index in [-0.39, 0.29) is 6.61 Å². The van der Waals surface area contributed by atoms with E-state index >= 15 is 0 Å². The molecule has 2 heterocycles. The highest BCUT2D eigenvalue weighted by Crippen LogP contribution is 2.31. The molecule has 26 heavy (non-hydrogen) atoms. The highest BCUT2D eigenvalue weighted by molar-refractivity contribution is 6.00. The molecule has 0 aliphatic heterocycles. The number of carbonyl (C=O) groups excluding carboxylic acids is 1. The highest BCUT2D eigenvalue weighted by atomic mass is 16.3. The second kappa shape index (κ2) is 7.13. The Morgan fingerprint density at radius 2 is 2.15 bits per heavy atom. The number of amides is 1. The van der Waals surface area contributed by atoms with Gasteiger partial charge in [-0.1, -0.05) is 25.5 Å². The van der Waals surface area contributed by atoms with Gasteiger partial charge in [0.05, 0.1) is 29.2 Å². The summed E-state index contributed by atoms with van der Waals surface area (Å²) in [6, 6.07) is 7.57. The largest absolute Gasteiger partial charge is 0.392 e. The maximum atomic E-state index is 11.9. The van der Waals surface area contributed by atoms with Gasteiger partial charge in [0.15, 0.2) is 0 Å². The van der Waals surface area contributed by atoms with E-state index in [1.54, 1.807) is 7.05 Å². The van der Waals surface area contributed by atoms with Crippen molar-refractivity contribution in [2.45, 2.75) is 33.3 Å². The normalized spacial score (nSPS) is 11.1. The number of para-hydroxylation sites is 1. The Morgan fingerprint density at radius 3 is 2.81 bits per heavy atom. The summed E-state index contributed by atoms with van der Waals surface area (Å²) in [6.45, 7) is 3.87. The monoisotopic (exact) mass is 353 g/mol. The summed E-state index contributed by atoms with van der Waals surface area (Å²) in [6.07, 6.45) is 1.62. The van der Waals surface area contributed by atoms with Crippen LogP contribution < -0.4 is 11.1 Å². The number of aliphatic hydroxyl groups is 1. The molecule has 136 valence electrons. The van der Waals surface area contributed by atoms with Gasteiger partial charge in [0.2, 0.25) is 0 Å². The third kappa shape index (κ3) is 3.13. The summed E-state index contributed by atoms with van der Waals surface area (Å²) < 4.78 is 1.51. The number of carbonyl (C=O) groups is 1. The van der Waals surface area contributed by atoms with Gasteiger partial charge in [-0.2, -0.15) is 5.10 Å². The van der Waals surface area contributed by atoms with Crippen molar-refractivity contribution in [3.63, 3.8) is 0 Å². The van der Waals surface area contributed by atoms with Gasteiger partial charge >= 0.3 is 0 Å². The van der Waals surface area contributed by atoms with Gasteiger partial charge in [-0.05, 0) is 31.0 Å². The molecule has 1 amide bonds. The molecule has 7 heteroatoms. The lowest BCUT2D eigenvalue weighted by Crippen LogP contribution is -2.17. The minimum Gasteiger partial charge on any atom is -0.392 e. The molecule has 7 nitrogen and oxygen atoms in total. The summed E-state index contributed by atoms with van der Waals surface area (Å²) in [7, 11) is 1.71. The first kappa shape index (κ1) is 17.9. The summed E-state index contributed by atoms with van der Waals surface area (Å²) >= 11 is 0. The number of hydrogen-bond acceptors (Lipinski definition) is 5. The predicted molar refractivity (Wildman–Crippen MR) is 101 cm³/mol. The molecule has 0 radical (unpaired) electrons. The summed E-state index contributed by atoms with van der Waals surface area (Å²) in [5, 5.41) is 18.3. The van der Waals surface area contributed by atoms with Crippen molar-refractivity contribution in [3.8, 4) is 0 Å². The zero-order valence-corrected chi connectivity index (χ0v) is 15.2. The number of primary amides is 1. The molecule has 0 unspecified atom stereocenters. The predicted octanol–water partition coefficient (Wildman–Crippen LogP) is 2.56. The van der Waals surface area contributed by atoms with Crippen LogP contribution in [-0.2, 0) is 20.1 Å². The van der Waals surface area contributed by atoms with E-state index < -0.39 is 5.91 Å². The molecule has 1 aromatic carbocycles. The van der Waals surface area contributed by atoms with Crippen molar-refractivity contribution in [2.24, 2.45) is 12.8 Å². The number of nitrogens with one attached hydrogen (secondary N) is 1. The van der Waals surface area contributed by atoms with Crippen LogP contribution in [0.1, 0.15) is 40.8 Å². The van der Waals surface area contributed by atoms with E-state index in [0.717, 1.165) is 46.4 Å². The first-order valence-corrected chi connectivity index (χ1v) is 8.59. The maximum absolute atomic E-state index is 11.9. The number of rotatable bonds is 6. The molecule has 3 aromatic rings.